The van der Waals surface area contributed by atoms with Crippen molar-refractivity contribution in [2.75, 3.05) is 19.0 Å². The van der Waals surface area contributed by atoms with E-state index in [1.807, 2.05) is 6.92 Å². The second-order valence-corrected chi connectivity index (χ2v) is 7.17. The van der Waals surface area contributed by atoms with Crippen molar-refractivity contribution >= 4 is 9.84 Å². The van der Waals surface area contributed by atoms with Crippen molar-refractivity contribution in [1.29, 1.82) is 0 Å². The van der Waals surface area contributed by atoms with Gasteiger partial charge in [-0.2, -0.15) is 0 Å². The number of hydrogen-bond donors (Lipinski definition) is 0. The van der Waals surface area contributed by atoms with Crippen molar-refractivity contribution in [2.24, 2.45) is 5.92 Å². The van der Waals surface area contributed by atoms with Crippen molar-refractivity contribution in [1.82, 2.24) is 4.98 Å². The maximum absolute atomic E-state index is 12.1. The highest BCUT2D eigenvalue weighted by molar-refractivity contribution is 7.91. The Kier molecular flexibility index (Phi) is 5.51. The zero-order valence-electron chi connectivity index (χ0n) is 11.7. The summed E-state index contributed by atoms with van der Waals surface area (Å²) in [5.41, 5.74) is 0. The summed E-state index contributed by atoms with van der Waals surface area (Å²) in [4.78, 5) is 3.90. The van der Waals surface area contributed by atoms with E-state index in [1.54, 1.807) is 12.1 Å². The first-order valence-electron chi connectivity index (χ1n) is 6.95. The molecule has 1 aliphatic rings. The summed E-state index contributed by atoms with van der Waals surface area (Å²) < 4.78 is 35.4. The number of aromatic nitrogens is 1. The highest BCUT2D eigenvalue weighted by Gasteiger charge is 2.21. The molecular weight excluding hydrogens is 278 g/mol. The predicted molar refractivity (Wildman–Crippen MR) is 75.0 cm³/mol. The monoisotopic (exact) mass is 299 g/mol. The Balaban J connectivity index is 1.83. The summed E-state index contributed by atoms with van der Waals surface area (Å²) in [6, 6.07) is 4.90. The zero-order valence-corrected chi connectivity index (χ0v) is 12.5. The van der Waals surface area contributed by atoms with Crippen molar-refractivity contribution in [3.8, 4) is 0 Å². The van der Waals surface area contributed by atoms with Crippen LogP contribution in [0.5, 0.6) is 0 Å². The first kappa shape index (κ1) is 15.4. The molecule has 1 aromatic heterocycles. The van der Waals surface area contributed by atoms with Crippen LogP contribution in [0.15, 0.2) is 29.4 Å². The molecule has 2 rings (SSSR count). The van der Waals surface area contributed by atoms with Crippen LogP contribution >= 0.6 is 0 Å². The van der Waals surface area contributed by atoms with Gasteiger partial charge in [-0.1, -0.05) is 13.0 Å². The molecule has 0 saturated carbocycles. The van der Waals surface area contributed by atoms with E-state index in [0.717, 1.165) is 25.9 Å². The Morgan fingerprint density at radius 2 is 2.30 bits per heavy atom. The summed E-state index contributed by atoms with van der Waals surface area (Å²) in [6.07, 6.45) is 4.38. The predicted octanol–water partition coefficient (Wildman–Crippen LogP) is 2.03. The highest BCUT2D eigenvalue weighted by atomic mass is 32.2. The van der Waals surface area contributed by atoms with Gasteiger partial charge in [0.2, 0.25) is 0 Å². The van der Waals surface area contributed by atoms with Gasteiger partial charge in [0.25, 0.3) is 0 Å². The van der Waals surface area contributed by atoms with Crippen molar-refractivity contribution in [3.63, 3.8) is 0 Å². The van der Waals surface area contributed by atoms with Gasteiger partial charge >= 0.3 is 0 Å². The second kappa shape index (κ2) is 7.15. The lowest BCUT2D eigenvalue weighted by Gasteiger charge is -2.24. The van der Waals surface area contributed by atoms with E-state index >= 15 is 0 Å². The lowest BCUT2D eigenvalue weighted by atomic mass is 10.2. The summed E-state index contributed by atoms with van der Waals surface area (Å²) in [7, 11) is -3.34. The van der Waals surface area contributed by atoms with Crippen molar-refractivity contribution in [3.05, 3.63) is 24.4 Å². The summed E-state index contributed by atoms with van der Waals surface area (Å²) in [5.74, 6) is -0.0518. The van der Waals surface area contributed by atoms with E-state index in [4.69, 9.17) is 9.47 Å². The van der Waals surface area contributed by atoms with Crippen LogP contribution in [0.25, 0.3) is 0 Å². The van der Waals surface area contributed by atoms with Crippen LogP contribution in [-0.2, 0) is 19.3 Å². The SMILES string of the molecule is C[C@H](COC1CCCCO1)CS(=O)(=O)c1ccccn1. The molecule has 0 bridgehead atoms. The number of nitrogens with zero attached hydrogens (tertiary/aromatic N) is 1. The molecule has 2 heterocycles. The summed E-state index contributed by atoms with van der Waals surface area (Å²) in [6.45, 7) is 2.98. The van der Waals surface area contributed by atoms with E-state index in [-0.39, 0.29) is 23.0 Å². The number of hydrogen-bond acceptors (Lipinski definition) is 5. The molecule has 0 aromatic carbocycles. The molecule has 20 heavy (non-hydrogen) atoms. The molecule has 0 aliphatic carbocycles. The number of pyridine rings is 1. The largest absolute Gasteiger partial charge is 0.353 e. The fraction of sp³-hybridized carbons (Fsp3) is 0.643. The first-order valence-corrected chi connectivity index (χ1v) is 8.60. The molecule has 1 fully saturated rings. The highest BCUT2D eigenvalue weighted by Crippen LogP contribution is 2.16. The Hall–Kier alpha value is -0.980. The lowest BCUT2D eigenvalue weighted by molar-refractivity contribution is -0.167. The molecular formula is C14H21NO4S. The smallest absolute Gasteiger partial charge is 0.195 e. The Labute approximate surface area is 120 Å². The Bertz CT molecular complexity index is 497. The molecule has 6 heteroatoms. The Morgan fingerprint density at radius 3 is 2.95 bits per heavy atom. The molecule has 1 unspecified atom stereocenters. The Morgan fingerprint density at radius 1 is 1.45 bits per heavy atom. The number of rotatable bonds is 6. The standard InChI is InChI=1S/C14H21NO4S/c1-12(10-19-14-7-3-5-9-18-14)11-20(16,17)13-6-2-4-8-15-13/h2,4,6,8,12,14H,3,5,7,9-11H2,1H3/t12-,14?/m1/s1. The molecule has 5 nitrogen and oxygen atoms in total. The van der Waals surface area contributed by atoms with E-state index in [9.17, 15) is 8.42 Å². The maximum Gasteiger partial charge on any atom is 0.195 e. The number of sulfone groups is 1. The lowest BCUT2D eigenvalue weighted by Crippen LogP contribution is -2.26. The van der Waals surface area contributed by atoms with E-state index in [1.165, 1.54) is 12.3 Å². The minimum Gasteiger partial charge on any atom is -0.353 e. The average molecular weight is 299 g/mol. The van der Waals surface area contributed by atoms with Crippen molar-refractivity contribution < 1.29 is 17.9 Å². The van der Waals surface area contributed by atoms with Gasteiger partial charge in [0.15, 0.2) is 21.2 Å². The van der Waals surface area contributed by atoms with Crippen LogP contribution in [0.3, 0.4) is 0 Å². The first-order chi connectivity index (χ1) is 9.58. The fourth-order valence-corrected chi connectivity index (χ4v) is 3.68. The van der Waals surface area contributed by atoms with Crippen LogP contribution < -0.4 is 0 Å². The third kappa shape index (κ3) is 4.54. The van der Waals surface area contributed by atoms with Gasteiger partial charge < -0.3 is 9.47 Å². The summed E-state index contributed by atoms with van der Waals surface area (Å²) >= 11 is 0. The van der Waals surface area contributed by atoms with Gasteiger partial charge in [0, 0.05) is 12.8 Å². The summed E-state index contributed by atoms with van der Waals surface area (Å²) in [5, 5.41) is 0.126. The molecule has 0 N–H and O–H groups in total. The van der Waals surface area contributed by atoms with Gasteiger partial charge in [-0.25, -0.2) is 13.4 Å². The molecule has 1 saturated heterocycles. The van der Waals surface area contributed by atoms with Gasteiger partial charge in [0.05, 0.1) is 12.4 Å². The van der Waals surface area contributed by atoms with Gasteiger partial charge in [0.1, 0.15) is 0 Å². The van der Waals surface area contributed by atoms with Crippen LogP contribution in [0.4, 0.5) is 0 Å². The van der Waals surface area contributed by atoms with E-state index in [2.05, 4.69) is 4.98 Å². The fourth-order valence-electron chi connectivity index (χ4n) is 2.15. The van der Waals surface area contributed by atoms with Crippen LogP contribution in [0, 0.1) is 5.92 Å². The minimum atomic E-state index is -3.34. The topological polar surface area (TPSA) is 65.5 Å². The third-order valence-electron chi connectivity index (χ3n) is 3.16. The normalized spacial score (nSPS) is 21.6. The number of ether oxygens (including phenoxy) is 2. The van der Waals surface area contributed by atoms with Gasteiger partial charge in [-0.15, -0.1) is 0 Å². The van der Waals surface area contributed by atoms with E-state index < -0.39 is 9.84 Å². The van der Waals surface area contributed by atoms with E-state index in [0.29, 0.717) is 6.61 Å². The van der Waals surface area contributed by atoms with Gasteiger partial charge in [-0.05, 0) is 37.3 Å². The molecule has 1 aliphatic heterocycles. The van der Waals surface area contributed by atoms with Gasteiger partial charge in [-0.3, -0.25) is 0 Å². The quantitative estimate of drug-likeness (QED) is 0.804. The average Bonchev–Trinajstić information content (AvgIpc) is 2.47. The molecule has 1 aromatic rings. The van der Waals surface area contributed by atoms with Crippen LogP contribution in [0.1, 0.15) is 26.2 Å². The second-order valence-electron chi connectivity index (χ2n) is 5.18. The zero-order chi connectivity index (χ0) is 14.4. The molecule has 0 radical (unpaired) electrons. The molecule has 2 atom stereocenters. The minimum absolute atomic E-state index is 0.0384. The van der Waals surface area contributed by atoms with Crippen LogP contribution in [0.2, 0.25) is 0 Å². The van der Waals surface area contributed by atoms with Crippen LogP contribution in [-0.4, -0.2) is 38.7 Å². The third-order valence-corrected chi connectivity index (χ3v) is 5.05. The molecule has 0 amide bonds. The molecule has 112 valence electrons. The molecule has 0 spiro atoms. The maximum atomic E-state index is 12.1. The van der Waals surface area contributed by atoms with Crippen molar-refractivity contribution in [2.45, 2.75) is 37.5 Å².